The van der Waals surface area contributed by atoms with Crippen molar-refractivity contribution in [1.82, 2.24) is 5.32 Å². The van der Waals surface area contributed by atoms with Gasteiger partial charge < -0.3 is 20.1 Å². The summed E-state index contributed by atoms with van der Waals surface area (Å²) in [7, 11) is 0. The second-order valence-electron chi connectivity index (χ2n) is 5.64. The second kappa shape index (κ2) is 10.5. The van der Waals surface area contributed by atoms with Gasteiger partial charge in [-0.3, -0.25) is 14.4 Å². The zero-order valence-corrected chi connectivity index (χ0v) is 15.6. The number of ether oxygens (including phenoxy) is 2. The Bertz CT molecular complexity index is 915. The molecule has 0 fully saturated rings. The van der Waals surface area contributed by atoms with Gasteiger partial charge in [0.15, 0.2) is 6.61 Å². The molecular formula is C20H19FN2O6. The van der Waals surface area contributed by atoms with Gasteiger partial charge in [-0.1, -0.05) is 24.3 Å². The number of rotatable bonds is 8. The maximum Gasteiger partial charge on any atom is 0.340 e. The van der Waals surface area contributed by atoms with Gasteiger partial charge in [0, 0.05) is 0 Å². The number of halogens is 1. The lowest BCUT2D eigenvalue weighted by molar-refractivity contribution is -0.146. The first kappa shape index (κ1) is 21.5. The van der Waals surface area contributed by atoms with Gasteiger partial charge in [0.05, 0.1) is 23.4 Å². The largest absolute Gasteiger partial charge is 0.462 e. The number of esters is 2. The van der Waals surface area contributed by atoms with E-state index in [-0.39, 0.29) is 23.4 Å². The maximum atomic E-state index is 13.5. The first-order valence-corrected chi connectivity index (χ1v) is 8.66. The number of carbonyl (C=O) groups excluding carboxylic acids is 4. The van der Waals surface area contributed by atoms with Crippen molar-refractivity contribution < 1.29 is 33.0 Å². The lowest BCUT2D eigenvalue weighted by atomic mass is 10.2. The van der Waals surface area contributed by atoms with E-state index in [1.54, 1.807) is 19.1 Å². The predicted molar refractivity (Wildman–Crippen MR) is 101 cm³/mol. The minimum absolute atomic E-state index is 0.158. The molecule has 0 spiro atoms. The van der Waals surface area contributed by atoms with Crippen LogP contribution in [0.25, 0.3) is 0 Å². The monoisotopic (exact) mass is 402 g/mol. The van der Waals surface area contributed by atoms with Crippen LogP contribution in [0.2, 0.25) is 0 Å². The molecule has 0 aliphatic carbocycles. The first-order chi connectivity index (χ1) is 13.9. The van der Waals surface area contributed by atoms with Crippen LogP contribution in [0, 0.1) is 5.82 Å². The molecular weight excluding hydrogens is 383 g/mol. The van der Waals surface area contributed by atoms with E-state index < -0.39 is 42.7 Å². The Labute approximate surface area is 166 Å². The summed E-state index contributed by atoms with van der Waals surface area (Å²) in [5.41, 5.74) is 0.152. The summed E-state index contributed by atoms with van der Waals surface area (Å²) in [4.78, 5) is 47.4. The number of para-hydroxylation sites is 1. The van der Waals surface area contributed by atoms with Crippen molar-refractivity contribution in [1.29, 1.82) is 0 Å². The normalized spacial score (nSPS) is 10.0. The zero-order chi connectivity index (χ0) is 21.2. The standard InChI is InChI=1S/C20H19FN2O6/c1-2-28-20(27)14-8-4-6-10-16(14)23-17(24)12-29-18(25)11-22-19(26)13-7-3-5-9-15(13)21/h3-10H,2,11-12H2,1H3,(H,22,26)(H,23,24). The van der Waals surface area contributed by atoms with Crippen LogP contribution in [0.3, 0.4) is 0 Å². The molecule has 9 heteroatoms. The summed E-state index contributed by atoms with van der Waals surface area (Å²) in [6.07, 6.45) is 0. The van der Waals surface area contributed by atoms with E-state index in [0.717, 1.165) is 6.07 Å². The van der Waals surface area contributed by atoms with Crippen LogP contribution < -0.4 is 10.6 Å². The van der Waals surface area contributed by atoms with Crippen LogP contribution >= 0.6 is 0 Å². The Morgan fingerprint density at radius 1 is 0.931 bits per heavy atom. The fourth-order valence-electron chi connectivity index (χ4n) is 2.26. The Balaban J connectivity index is 1.82. The molecule has 2 aromatic rings. The molecule has 0 heterocycles. The van der Waals surface area contributed by atoms with Gasteiger partial charge in [-0.2, -0.15) is 0 Å². The van der Waals surface area contributed by atoms with Crippen LogP contribution in [0.15, 0.2) is 48.5 Å². The van der Waals surface area contributed by atoms with Crippen molar-refractivity contribution in [3.05, 3.63) is 65.5 Å². The van der Waals surface area contributed by atoms with Gasteiger partial charge >= 0.3 is 11.9 Å². The molecule has 2 amide bonds. The Hall–Kier alpha value is -3.75. The molecule has 2 N–H and O–H groups in total. The van der Waals surface area contributed by atoms with Gasteiger partial charge in [-0.05, 0) is 31.2 Å². The van der Waals surface area contributed by atoms with Crippen LogP contribution in [0.1, 0.15) is 27.6 Å². The molecule has 0 aliphatic rings. The Morgan fingerprint density at radius 2 is 1.59 bits per heavy atom. The quantitative estimate of drug-likeness (QED) is 0.653. The van der Waals surface area contributed by atoms with Crippen LogP contribution in [-0.2, 0) is 19.1 Å². The molecule has 0 unspecified atom stereocenters. The van der Waals surface area contributed by atoms with Crippen LogP contribution in [0.5, 0.6) is 0 Å². The van der Waals surface area contributed by atoms with Crippen molar-refractivity contribution in [2.24, 2.45) is 0 Å². The van der Waals surface area contributed by atoms with E-state index in [4.69, 9.17) is 9.47 Å². The predicted octanol–water partition coefficient (Wildman–Crippen LogP) is 1.91. The fraction of sp³-hybridized carbons (Fsp3) is 0.200. The minimum Gasteiger partial charge on any atom is -0.462 e. The number of amides is 2. The average Bonchev–Trinajstić information content (AvgIpc) is 2.71. The highest BCUT2D eigenvalue weighted by Gasteiger charge is 2.16. The molecule has 2 aromatic carbocycles. The summed E-state index contributed by atoms with van der Waals surface area (Å²) in [6, 6.07) is 11.5. The molecule has 2 rings (SSSR count). The van der Waals surface area contributed by atoms with E-state index in [9.17, 15) is 23.6 Å². The van der Waals surface area contributed by atoms with E-state index in [2.05, 4.69) is 10.6 Å². The molecule has 0 saturated heterocycles. The molecule has 0 radical (unpaired) electrons. The minimum atomic E-state index is -0.886. The number of carbonyl (C=O) groups is 4. The summed E-state index contributed by atoms with van der Waals surface area (Å²) >= 11 is 0. The lowest BCUT2D eigenvalue weighted by Gasteiger charge is -2.11. The van der Waals surface area contributed by atoms with Crippen LogP contribution in [0.4, 0.5) is 10.1 Å². The highest BCUT2D eigenvalue weighted by molar-refractivity contribution is 6.02. The highest BCUT2D eigenvalue weighted by atomic mass is 19.1. The summed E-state index contributed by atoms with van der Waals surface area (Å²) < 4.78 is 23.2. The molecule has 0 saturated carbocycles. The summed E-state index contributed by atoms with van der Waals surface area (Å²) in [5.74, 6) is -3.68. The SMILES string of the molecule is CCOC(=O)c1ccccc1NC(=O)COC(=O)CNC(=O)c1ccccc1F. The molecule has 0 aromatic heterocycles. The van der Waals surface area contributed by atoms with E-state index in [1.807, 2.05) is 0 Å². The van der Waals surface area contributed by atoms with Gasteiger partial charge in [-0.15, -0.1) is 0 Å². The molecule has 0 atom stereocenters. The van der Waals surface area contributed by atoms with E-state index >= 15 is 0 Å². The van der Waals surface area contributed by atoms with Crippen molar-refractivity contribution in [3.63, 3.8) is 0 Å². The van der Waals surface area contributed by atoms with Crippen molar-refractivity contribution in [2.45, 2.75) is 6.92 Å². The van der Waals surface area contributed by atoms with Crippen molar-refractivity contribution in [3.8, 4) is 0 Å². The molecule has 0 bridgehead atoms. The van der Waals surface area contributed by atoms with Gasteiger partial charge in [-0.25, -0.2) is 9.18 Å². The highest BCUT2D eigenvalue weighted by Crippen LogP contribution is 2.16. The van der Waals surface area contributed by atoms with E-state index in [0.29, 0.717) is 0 Å². The number of hydrogen-bond donors (Lipinski definition) is 2. The third kappa shape index (κ3) is 6.42. The number of anilines is 1. The molecule has 152 valence electrons. The number of benzene rings is 2. The smallest absolute Gasteiger partial charge is 0.340 e. The first-order valence-electron chi connectivity index (χ1n) is 8.66. The maximum absolute atomic E-state index is 13.5. The number of nitrogens with one attached hydrogen (secondary N) is 2. The van der Waals surface area contributed by atoms with Gasteiger partial charge in [0.2, 0.25) is 0 Å². The van der Waals surface area contributed by atoms with Crippen LogP contribution in [-0.4, -0.2) is 43.5 Å². The lowest BCUT2D eigenvalue weighted by Crippen LogP contribution is -2.32. The topological polar surface area (TPSA) is 111 Å². The Kier molecular flexibility index (Phi) is 7.84. The fourth-order valence-corrected chi connectivity index (χ4v) is 2.26. The average molecular weight is 402 g/mol. The molecule has 29 heavy (non-hydrogen) atoms. The third-order valence-electron chi connectivity index (χ3n) is 3.57. The third-order valence-corrected chi connectivity index (χ3v) is 3.57. The van der Waals surface area contributed by atoms with Gasteiger partial charge in [0.25, 0.3) is 11.8 Å². The van der Waals surface area contributed by atoms with Gasteiger partial charge in [0.1, 0.15) is 12.4 Å². The summed E-state index contributed by atoms with van der Waals surface area (Å²) in [5, 5.41) is 4.65. The zero-order valence-electron chi connectivity index (χ0n) is 15.6. The van der Waals surface area contributed by atoms with Crippen molar-refractivity contribution in [2.75, 3.05) is 25.1 Å². The molecule has 8 nitrogen and oxygen atoms in total. The van der Waals surface area contributed by atoms with E-state index in [1.165, 1.54) is 30.3 Å². The summed E-state index contributed by atoms with van der Waals surface area (Å²) in [6.45, 7) is 0.659. The second-order valence-corrected chi connectivity index (χ2v) is 5.64. The molecule has 0 aliphatic heterocycles. The number of hydrogen-bond acceptors (Lipinski definition) is 6. The Morgan fingerprint density at radius 3 is 2.28 bits per heavy atom. The van der Waals surface area contributed by atoms with Crippen molar-refractivity contribution >= 4 is 29.4 Å².